The van der Waals surface area contributed by atoms with Crippen LogP contribution in [0.2, 0.25) is 0 Å². The van der Waals surface area contributed by atoms with Crippen LogP contribution < -0.4 is 15.5 Å². The maximum Gasteiger partial charge on any atom is 0.389 e. The van der Waals surface area contributed by atoms with Crippen LogP contribution in [0.4, 0.5) is 18.9 Å². The number of alkyl halides is 3. The summed E-state index contributed by atoms with van der Waals surface area (Å²) >= 11 is 0. The Kier molecular flexibility index (Phi) is 8.98. The molecule has 0 aromatic heterocycles. The molecule has 1 heterocycles. The van der Waals surface area contributed by atoms with Crippen molar-refractivity contribution < 1.29 is 27.6 Å². The first-order valence-corrected chi connectivity index (χ1v) is 12.9. The van der Waals surface area contributed by atoms with E-state index in [1.807, 2.05) is 12.1 Å². The zero-order chi connectivity index (χ0) is 28.7. The van der Waals surface area contributed by atoms with E-state index in [2.05, 4.69) is 15.6 Å². The first-order chi connectivity index (χ1) is 19.1. The molecule has 10 heteroatoms. The molecule has 3 amide bonds. The van der Waals surface area contributed by atoms with Crippen LogP contribution in [0.15, 0.2) is 89.9 Å². The molecule has 0 fully saturated rings. The lowest BCUT2D eigenvalue weighted by atomic mass is 10.00. The number of fused-ring (bicyclic) bond motifs is 1. The van der Waals surface area contributed by atoms with Gasteiger partial charge in [-0.25, -0.2) is 4.99 Å². The van der Waals surface area contributed by atoms with Crippen LogP contribution in [0.3, 0.4) is 0 Å². The van der Waals surface area contributed by atoms with E-state index in [9.17, 15) is 27.6 Å². The molecule has 0 bridgehead atoms. The standard InChI is InChI=1S/C30H29F3N4O3/c1-20(34-25(38)19-21-11-4-2-5-12-21)28(39)36-27-29(40)37(18-10-17-30(31,32)33)24-16-9-8-15-23(24)26(35-27)22-13-6-3-7-14-22/h2-9,11-16,20,27H,10,17-19H2,1H3,(H,34,38)(H,36,39)/t20-,27?/m0/s1. The fourth-order valence-electron chi connectivity index (χ4n) is 4.42. The van der Waals surface area contributed by atoms with Crippen LogP contribution in [-0.2, 0) is 20.8 Å². The zero-order valence-electron chi connectivity index (χ0n) is 21.8. The number of hydrogen-bond donors (Lipinski definition) is 2. The highest BCUT2D eigenvalue weighted by atomic mass is 19.4. The average molecular weight is 551 g/mol. The molecule has 7 nitrogen and oxygen atoms in total. The van der Waals surface area contributed by atoms with E-state index in [1.165, 1.54) is 11.8 Å². The predicted molar refractivity (Wildman–Crippen MR) is 146 cm³/mol. The molecular weight excluding hydrogens is 521 g/mol. The van der Waals surface area contributed by atoms with E-state index >= 15 is 0 Å². The number of anilines is 1. The number of benzene rings is 3. The number of amides is 3. The Morgan fingerprint density at radius 1 is 0.950 bits per heavy atom. The predicted octanol–water partition coefficient (Wildman–Crippen LogP) is 4.40. The van der Waals surface area contributed by atoms with Gasteiger partial charge in [0.2, 0.25) is 18.0 Å². The molecule has 208 valence electrons. The van der Waals surface area contributed by atoms with Gasteiger partial charge in [0.05, 0.1) is 17.8 Å². The molecule has 4 rings (SSSR count). The lowest BCUT2D eigenvalue weighted by Gasteiger charge is -2.26. The van der Waals surface area contributed by atoms with E-state index < -0.39 is 36.6 Å². The number of nitrogens with one attached hydrogen (secondary N) is 2. The number of nitrogens with zero attached hydrogens (tertiary/aromatic N) is 2. The summed E-state index contributed by atoms with van der Waals surface area (Å²) in [4.78, 5) is 45.1. The summed E-state index contributed by atoms with van der Waals surface area (Å²) < 4.78 is 38.8. The maximum absolute atomic E-state index is 13.7. The minimum absolute atomic E-state index is 0.0689. The normalized spacial score (nSPS) is 15.9. The van der Waals surface area contributed by atoms with E-state index in [4.69, 9.17) is 0 Å². The van der Waals surface area contributed by atoms with E-state index in [0.29, 0.717) is 22.5 Å². The Bertz CT molecular complexity index is 1380. The van der Waals surface area contributed by atoms with Gasteiger partial charge in [0.1, 0.15) is 6.04 Å². The van der Waals surface area contributed by atoms with E-state index in [0.717, 1.165) is 5.56 Å². The summed E-state index contributed by atoms with van der Waals surface area (Å²) in [6, 6.07) is 23.9. The maximum atomic E-state index is 13.7. The Balaban J connectivity index is 1.60. The van der Waals surface area contributed by atoms with Gasteiger partial charge < -0.3 is 15.5 Å². The third-order valence-corrected chi connectivity index (χ3v) is 6.35. The van der Waals surface area contributed by atoms with Crippen molar-refractivity contribution in [1.29, 1.82) is 0 Å². The Morgan fingerprint density at radius 3 is 2.25 bits per heavy atom. The van der Waals surface area contributed by atoms with Gasteiger partial charge in [-0.3, -0.25) is 14.4 Å². The van der Waals surface area contributed by atoms with E-state index in [-0.39, 0.29) is 25.3 Å². The second-order valence-corrected chi connectivity index (χ2v) is 9.43. The van der Waals surface area contributed by atoms with Crippen molar-refractivity contribution in [2.24, 2.45) is 4.99 Å². The van der Waals surface area contributed by atoms with Crippen LogP contribution in [0.5, 0.6) is 0 Å². The third kappa shape index (κ3) is 7.34. The molecule has 40 heavy (non-hydrogen) atoms. The lowest BCUT2D eigenvalue weighted by Crippen LogP contribution is -2.53. The summed E-state index contributed by atoms with van der Waals surface area (Å²) in [6.07, 6.45) is -7.11. The van der Waals surface area contributed by atoms with Crippen LogP contribution >= 0.6 is 0 Å². The molecule has 3 aromatic carbocycles. The number of para-hydroxylation sites is 1. The van der Waals surface area contributed by atoms with Crippen LogP contribution in [0.1, 0.15) is 36.5 Å². The monoisotopic (exact) mass is 550 g/mol. The van der Waals surface area contributed by atoms with Crippen LogP contribution in [0.25, 0.3) is 0 Å². The van der Waals surface area contributed by atoms with Gasteiger partial charge in [0, 0.05) is 24.1 Å². The number of carbonyl (C=O) groups is 3. The molecule has 2 atom stereocenters. The Morgan fingerprint density at radius 2 is 1.57 bits per heavy atom. The minimum Gasteiger partial charge on any atom is -0.344 e. The Hall–Kier alpha value is -4.47. The number of halogens is 3. The lowest BCUT2D eigenvalue weighted by molar-refractivity contribution is -0.135. The van der Waals surface area contributed by atoms with Gasteiger partial charge in [0.15, 0.2) is 0 Å². The molecule has 1 unspecified atom stereocenters. The van der Waals surface area contributed by atoms with Gasteiger partial charge >= 0.3 is 6.18 Å². The number of benzodiazepines with no additional fused rings is 1. The number of carbonyl (C=O) groups excluding carboxylic acids is 3. The van der Waals surface area contributed by atoms with Crippen molar-refractivity contribution >= 4 is 29.1 Å². The molecular formula is C30H29F3N4O3. The first-order valence-electron chi connectivity index (χ1n) is 12.9. The molecule has 0 aliphatic carbocycles. The van der Waals surface area contributed by atoms with Crippen molar-refractivity contribution in [3.63, 3.8) is 0 Å². The molecule has 0 radical (unpaired) electrons. The van der Waals surface area contributed by atoms with Crippen LogP contribution in [0, 0.1) is 0 Å². The van der Waals surface area contributed by atoms with E-state index in [1.54, 1.807) is 72.8 Å². The molecule has 2 N–H and O–H groups in total. The highest BCUT2D eigenvalue weighted by Gasteiger charge is 2.35. The molecule has 1 aliphatic rings. The van der Waals surface area contributed by atoms with Crippen molar-refractivity contribution in [2.45, 2.75) is 44.6 Å². The summed E-state index contributed by atoms with van der Waals surface area (Å²) in [5.74, 6) is -1.70. The number of aliphatic imine (C=N–C) groups is 1. The summed E-state index contributed by atoms with van der Waals surface area (Å²) in [5.41, 5.74) is 2.81. The molecule has 3 aromatic rings. The minimum atomic E-state index is -4.37. The highest BCUT2D eigenvalue weighted by Crippen LogP contribution is 2.29. The third-order valence-electron chi connectivity index (χ3n) is 6.35. The van der Waals surface area contributed by atoms with Crippen LogP contribution in [-0.4, -0.2) is 48.4 Å². The van der Waals surface area contributed by atoms with Gasteiger partial charge in [-0.05, 0) is 25.0 Å². The van der Waals surface area contributed by atoms with Gasteiger partial charge in [-0.15, -0.1) is 0 Å². The Labute approximate surface area is 230 Å². The van der Waals surface area contributed by atoms with Gasteiger partial charge in [-0.2, -0.15) is 13.2 Å². The summed E-state index contributed by atoms with van der Waals surface area (Å²) in [7, 11) is 0. The first kappa shape index (κ1) is 28.5. The zero-order valence-corrected chi connectivity index (χ0v) is 21.8. The van der Waals surface area contributed by atoms with Crippen molar-refractivity contribution in [1.82, 2.24) is 10.6 Å². The smallest absolute Gasteiger partial charge is 0.344 e. The second-order valence-electron chi connectivity index (χ2n) is 9.43. The summed E-state index contributed by atoms with van der Waals surface area (Å²) in [5, 5.41) is 5.22. The second kappa shape index (κ2) is 12.6. The van der Waals surface area contributed by atoms with Gasteiger partial charge in [0.25, 0.3) is 5.91 Å². The molecule has 0 saturated heterocycles. The molecule has 0 spiro atoms. The van der Waals surface area contributed by atoms with Crippen molar-refractivity contribution in [3.8, 4) is 0 Å². The average Bonchev–Trinajstić information content (AvgIpc) is 3.04. The topological polar surface area (TPSA) is 90.9 Å². The highest BCUT2D eigenvalue weighted by molar-refractivity contribution is 6.20. The fourth-order valence-corrected chi connectivity index (χ4v) is 4.42. The van der Waals surface area contributed by atoms with Gasteiger partial charge in [-0.1, -0.05) is 78.9 Å². The van der Waals surface area contributed by atoms with Crippen molar-refractivity contribution in [3.05, 3.63) is 102 Å². The summed E-state index contributed by atoms with van der Waals surface area (Å²) in [6.45, 7) is 1.26. The fraction of sp³-hybridized carbons (Fsp3) is 0.267. The SMILES string of the molecule is C[C@H](NC(=O)Cc1ccccc1)C(=O)NC1N=C(c2ccccc2)c2ccccc2N(CCCC(F)(F)F)C1=O. The molecule has 1 aliphatic heterocycles. The number of hydrogen-bond acceptors (Lipinski definition) is 4. The quantitative estimate of drug-likeness (QED) is 0.414. The number of rotatable bonds is 9. The van der Waals surface area contributed by atoms with Crippen molar-refractivity contribution in [2.75, 3.05) is 11.4 Å². The largest absolute Gasteiger partial charge is 0.389 e. The molecule has 0 saturated carbocycles.